The number of methoxy groups -OCH3 is 1. The molecule has 0 radical (unpaired) electrons. The lowest BCUT2D eigenvalue weighted by Crippen LogP contribution is -2.68. The fraction of sp³-hybridized carbons (Fsp3) is 0.367. The third kappa shape index (κ3) is 4.84. The largest absolute Gasteiger partial charge is 0.495 e. The summed E-state index contributed by atoms with van der Waals surface area (Å²) in [5, 5.41) is 13.3. The van der Waals surface area contributed by atoms with Crippen molar-refractivity contribution in [1.29, 1.82) is 0 Å². The number of carbonyl (C=O) groups excluding carboxylic acids is 1. The van der Waals surface area contributed by atoms with Crippen LogP contribution in [0.3, 0.4) is 0 Å². The fourth-order valence-electron chi connectivity index (χ4n) is 5.71. The van der Waals surface area contributed by atoms with Crippen LogP contribution in [0.15, 0.2) is 72.8 Å². The Morgan fingerprint density at radius 1 is 0.972 bits per heavy atom. The van der Waals surface area contributed by atoms with Gasteiger partial charge in [0.1, 0.15) is 5.75 Å². The predicted molar refractivity (Wildman–Crippen MR) is 144 cm³/mol. The second-order valence-corrected chi connectivity index (χ2v) is 9.85. The van der Waals surface area contributed by atoms with Crippen LogP contribution in [0.25, 0.3) is 11.1 Å². The normalized spacial score (nSPS) is 22.1. The second kappa shape index (κ2) is 10.7. The first-order chi connectivity index (χ1) is 17.6. The van der Waals surface area contributed by atoms with E-state index >= 15 is 0 Å². The molecule has 0 bridgehead atoms. The minimum atomic E-state index is -0.109. The van der Waals surface area contributed by atoms with Gasteiger partial charge >= 0.3 is 6.03 Å². The Kier molecular flexibility index (Phi) is 7.25. The molecule has 3 aromatic rings. The van der Waals surface area contributed by atoms with Gasteiger partial charge in [0.15, 0.2) is 0 Å². The van der Waals surface area contributed by atoms with Crippen LogP contribution in [0.4, 0.5) is 10.5 Å². The van der Waals surface area contributed by atoms with Crippen LogP contribution in [0.1, 0.15) is 29.9 Å². The number of aliphatic hydroxyl groups is 1. The van der Waals surface area contributed by atoms with E-state index in [0.29, 0.717) is 24.5 Å². The summed E-state index contributed by atoms with van der Waals surface area (Å²) >= 11 is 0. The molecule has 3 aromatic carbocycles. The van der Waals surface area contributed by atoms with Crippen molar-refractivity contribution in [2.45, 2.75) is 37.8 Å². The Morgan fingerprint density at radius 2 is 1.64 bits per heavy atom. The number of ether oxygens (including phenoxy) is 1. The summed E-state index contributed by atoms with van der Waals surface area (Å²) in [5.74, 6) is 0.830. The number of amides is 2. The Balaban J connectivity index is 1.35. The van der Waals surface area contributed by atoms with Crippen LogP contribution in [-0.2, 0) is 0 Å². The van der Waals surface area contributed by atoms with E-state index in [4.69, 9.17) is 4.74 Å². The number of anilines is 1. The summed E-state index contributed by atoms with van der Waals surface area (Å²) in [5.41, 5.74) is 5.53. The standard InChI is InChI=1S/C30H35N3O3/c1-21-9-11-22(12-10-21)23-13-15-24(16-14-23)29-26-19-32(17-5-6-18-33(26)27(29)20-34)30(35)31-25-7-3-4-8-28(25)36-2/h3-4,7-16,26-27,29,34H,5-6,17-20H2,1-2H3,(H,31,35)/t26-,27+,29-/m1/s1. The molecule has 2 amide bonds. The molecular weight excluding hydrogens is 450 g/mol. The Hall–Kier alpha value is -3.35. The maximum atomic E-state index is 13.3. The van der Waals surface area contributed by atoms with E-state index < -0.39 is 0 Å². The molecule has 2 aliphatic heterocycles. The highest BCUT2D eigenvalue weighted by Gasteiger charge is 2.49. The summed E-state index contributed by atoms with van der Waals surface area (Å²) in [7, 11) is 1.61. The van der Waals surface area contributed by atoms with Gasteiger partial charge in [0.05, 0.1) is 19.4 Å². The molecule has 6 nitrogen and oxygen atoms in total. The van der Waals surface area contributed by atoms with E-state index in [2.05, 4.69) is 65.7 Å². The number of benzene rings is 3. The van der Waals surface area contributed by atoms with Crippen molar-refractivity contribution >= 4 is 11.7 Å². The zero-order valence-electron chi connectivity index (χ0n) is 21.1. The summed E-state index contributed by atoms with van der Waals surface area (Å²) in [6.07, 6.45) is 1.95. The summed E-state index contributed by atoms with van der Waals surface area (Å²) in [6.45, 7) is 4.51. The Morgan fingerprint density at radius 3 is 2.33 bits per heavy atom. The van der Waals surface area contributed by atoms with E-state index in [9.17, 15) is 9.90 Å². The minimum absolute atomic E-state index is 0.0810. The van der Waals surface area contributed by atoms with Gasteiger partial charge in [-0.3, -0.25) is 4.90 Å². The third-order valence-corrected chi connectivity index (χ3v) is 7.69. The van der Waals surface area contributed by atoms with E-state index in [1.807, 2.05) is 29.2 Å². The molecule has 2 N–H and O–H groups in total. The zero-order valence-corrected chi connectivity index (χ0v) is 21.1. The van der Waals surface area contributed by atoms with Crippen molar-refractivity contribution in [2.24, 2.45) is 0 Å². The van der Waals surface area contributed by atoms with Crippen molar-refractivity contribution in [3.63, 3.8) is 0 Å². The number of hydrogen-bond acceptors (Lipinski definition) is 4. The lowest BCUT2D eigenvalue weighted by atomic mass is 9.74. The van der Waals surface area contributed by atoms with Crippen LogP contribution < -0.4 is 10.1 Å². The summed E-state index contributed by atoms with van der Waals surface area (Å²) < 4.78 is 5.41. The van der Waals surface area contributed by atoms with Gasteiger partial charge in [-0.15, -0.1) is 0 Å². The van der Waals surface area contributed by atoms with Gasteiger partial charge in [0, 0.05) is 31.1 Å². The number of hydrogen-bond donors (Lipinski definition) is 2. The minimum Gasteiger partial charge on any atom is -0.495 e. The summed E-state index contributed by atoms with van der Waals surface area (Å²) in [4.78, 5) is 17.6. The molecule has 2 heterocycles. The molecule has 0 unspecified atom stereocenters. The number of urea groups is 1. The fourth-order valence-corrected chi connectivity index (χ4v) is 5.71. The molecule has 2 aliphatic rings. The van der Waals surface area contributed by atoms with E-state index in [1.54, 1.807) is 7.11 Å². The molecule has 6 heteroatoms. The highest BCUT2D eigenvalue weighted by atomic mass is 16.5. The average Bonchev–Trinajstić information content (AvgIpc) is 2.89. The second-order valence-electron chi connectivity index (χ2n) is 9.85. The number of para-hydroxylation sites is 2. The molecule has 2 fully saturated rings. The molecule has 36 heavy (non-hydrogen) atoms. The average molecular weight is 486 g/mol. The van der Waals surface area contributed by atoms with E-state index in [0.717, 1.165) is 19.4 Å². The molecule has 3 atom stereocenters. The maximum Gasteiger partial charge on any atom is 0.322 e. The lowest BCUT2D eigenvalue weighted by molar-refractivity contribution is -0.0585. The van der Waals surface area contributed by atoms with Crippen molar-refractivity contribution < 1.29 is 14.6 Å². The Labute approximate surface area is 213 Å². The molecule has 0 saturated carbocycles. The molecule has 5 rings (SSSR count). The van der Waals surface area contributed by atoms with Gasteiger partial charge in [0.2, 0.25) is 0 Å². The van der Waals surface area contributed by atoms with Crippen molar-refractivity contribution in [3.05, 3.63) is 83.9 Å². The Bertz CT molecular complexity index is 1180. The molecule has 0 aliphatic carbocycles. The smallest absolute Gasteiger partial charge is 0.322 e. The number of rotatable bonds is 5. The highest BCUT2D eigenvalue weighted by Crippen LogP contribution is 2.42. The number of aliphatic hydroxyl groups excluding tert-OH is 1. The first kappa shape index (κ1) is 24.3. The van der Waals surface area contributed by atoms with E-state index in [-0.39, 0.29) is 30.6 Å². The van der Waals surface area contributed by atoms with Gasteiger partial charge in [0.25, 0.3) is 0 Å². The zero-order chi connectivity index (χ0) is 25.1. The number of nitrogens with one attached hydrogen (secondary N) is 1. The molecule has 0 aromatic heterocycles. The monoisotopic (exact) mass is 485 g/mol. The van der Waals surface area contributed by atoms with Crippen LogP contribution in [-0.4, -0.2) is 66.4 Å². The van der Waals surface area contributed by atoms with Gasteiger partial charge in [-0.05, 0) is 55.1 Å². The summed E-state index contributed by atoms with van der Waals surface area (Å²) in [6, 6.07) is 24.9. The van der Waals surface area contributed by atoms with Crippen LogP contribution >= 0.6 is 0 Å². The molecule has 188 valence electrons. The first-order valence-electron chi connectivity index (χ1n) is 12.8. The van der Waals surface area contributed by atoms with E-state index in [1.165, 1.54) is 22.3 Å². The van der Waals surface area contributed by atoms with Crippen LogP contribution in [0, 0.1) is 6.92 Å². The maximum absolute atomic E-state index is 13.3. The number of aryl methyl sites for hydroxylation is 1. The van der Waals surface area contributed by atoms with Crippen molar-refractivity contribution in [2.75, 3.05) is 38.7 Å². The lowest BCUT2D eigenvalue weighted by Gasteiger charge is -2.57. The van der Waals surface area contributed by atoms with Gasteiger partial charge in [-0.2, -0.15) is 0 Å². The molecule has 0 spiro atoms. The third-order valence-electron chi connectivity index (χ3n) is 7.69. The topological polar surface area (TPSA) is 65.0 Å². The quantitative estimate of drug-likeness (QED) is 0.526. The molecule has 2 saturated heterocycles. The van der Waals surface area contributed by atoms with Crippen LogP contribution in [0.2, 0.25) is 0 Å². The van der Waals surface area contributed by atoms with Crippen molar-refractivity contribution in [3.8, 4) is 16.9 Å². The predicted octanol–water partition coefficient (Wildman–Crippen LogP) is 5.13. The highest BCUT2D eigenvalue weighted by molar-refractivity contribution is 5.91. The van der Waals surface area contributed by atoms with Crippen LogP contribution in [0.5, 0.6) is 5.75 Å². The van der Waals surface area contributed by atoms with Gasteiger partial charge in [-0.1, -0.05) is 66.2 Å². The SMILES string of the molecule is COc1ccccc1NC(=O)N1CCCCN2[C@H](C1)[C@@H](c1ccc(-c3ccc(C)cc3)cc1)[C@@H]2CO. The van der Waals surface area contributed by atoms with Gasteiger partial charge in [-0.25, -0.2) is 4.79 Å². The number of fused-ring (bicyclic) bond motifs is 1. The van der Waals surface area contributed by atoms with Gasteiger partial charge < -0.3 is 20.1 Å². The molecular formula is C30H35N3O3. The number of carbonyl (C=O) groups is 1. The number of nitrogens with zero attached hydrogens (tertiary/aromatic N) is 2. The van der Waals surface area contributed by atoms with Crippen molar-refractivity contribution in [1.82, 2.24) is 9.80 Å². The first-order valence-corrected chi connectivity index (χ1v) is 12.8.